The highest BCUT2D eigenvalue weighted by Crippen LogP contribution is 2.28. The van der Waals surface area contributed by atoms with Crippen LogP contribution in [-0.2, 0) is 0 Å². The number of carbonyl (C=O) groups excluding carboxylic acids is 1. The van der Waals surface area contributed by atoms with Gasteiger partial charge in [0, 0.05) is 5.39 Å². The number of nitrogens with zero attached hydrogens (tertiary/aromatic N) is 1. The Kier molecular flexibility index (Phi) is 2.93. The van der Waals surface area contributed by atoms with E-state index in [1.165, 1.54) is 0 Å². The summed E-state index contributed by atoms with van der Waals surface area (Å²) in [4.78, 5) is 11.6. The van der Waals surface area contributed by atoms with Crippen molar-refractivity contribution < 1.29 is 9.90 Å². The average Bonchev–Trinajstić information content (AvgIpc) is 2.37. The van der Waals surface area contributed by atoms with E-state index in [1.807, 2.05) is 18.2 Å². The first-order valence-electron chi connectivity index (χ1n) is 5.10. The minimum Gasteiger partial charge on any atom is -0.506 e. The van der Waals surface area contributed by atoms with Crippen molar-refractivity contribution in [2.24, 2.45) is 0 Å². The van der Waals surface area contributed by atoms with Gasteiger partial charge in [0.15, 0.2) is 0 Å². The normalized spacial score (nSPS) is 9.82. The van der Waals surface area contributed by atoms with Crippen molar-refractivity contribution in [2.75, 3.05) is 6.54 Å². The Balaban J connectivity index is 2.46. The average molecular weight is 226 g/mol. The van der Waals surface area contributed by atoms with Gasteiger partial charge in [-0.2, -0.15) is 5.26 Å². The molecule has 2 aromatic carbocycles. The van der Waals surface area contributed by atoms with E-state index in [0.29, 0.717) is 5.39 Å². The molecular weight excluding hydrogens is 216 g/mol. The quantitative estimate of drug-likeness (QED) is 0.767. The topological polar surface area (TPSA) is 73.1 Å². The number of rotatable bonds is 2. The van der Waals surface area contributed by atoms with Gasteiger partial charge in [-0.05, 0) is 11.5 Å². The van der Waals surface area contributed by atoms with Crippen LogP contribution >= 0.6 is 0 Å². The van der Waals surface area contributed by atoms with Gasteiger partial charge in [-0.1, -0.05) is 30.3 Å². The number of phenolic OH excluding ortho intramolecular Hbond substituents is 1. The monoisotopic (exact) mass is 226 g/mol. The number of fused-ring (bicyclic) bond motifs is 1. The van der Waals surface area contributed by atoms with E-state index < -0.39 is 5.91 Å². The number of amides is 1. The van der Waals surface area contributed by atoms with Crippen LogP contribution in [0.15, 0.2) is 36.4 Å². The first-order valence-corrected chi connectivity index (χ1v) is 5.10. The van der Waals surface area contributed by atoms with Crippen molar-refractivity contribution in [2.45, 2.75) is 0 Å². The van der Waals surface area contributed by atoms with Crippen LogP contribution in [0.4, 0.5) is 0 Å². The van der Waals surface area contributed by atoms with E-state index in [-0.39, 0.29) is 17.9 Å². The Morgan fingerprint density at radius 3 is 2.82 bits per heavy atom. The zero-order valence-corrected chi connectivity index (χ0v) is 8.97. The maximum Gasteiger partial charge on any atom is 0.255 e. The smallest absolute Gasteiger partial charge is 0.255 e. The number of nitriles is 1. The fourth-order valence-corrected chi connectivity index (χ4v) is 1.65. The molecule has 2 N–H and O–H groups in total. The molecule has 0 heterocycles. The molecule has 0 aliphatic carbocycles. The molecule has 0 aliphatic rings. The zero-order valence-electron chi connectivity index (χ0n) is 8.97. The van der Waals surface area contributed by atoms with E-state index >= 15 is 0 Å². The third-order valence-corrected chi connectivity index (χ3v) is 2.47. The van der Waals surface area contributed by atoms with Crippen LogP contribution in [0.1, 0.15) is 10.4 Å². The van der Waals surface area contributed by atoms with E-state index in [0.717, 1.165) is 5.39 Å². The van der Waals surface area contributed by atoms with Gasteiger partial charge < -0.3 is 10.4 Å². The molecule has 0 saturated heterocycles. The van der Waals surface area contributed by atoms with Crippen molar-refractivity contribution in [3.8, 4) is 11.8 Å². The largest absolute Gasteiger partial charge is 0.506 e. The minimum atomic E-state index is -0.449. The molecule has 0 aliphatic heterocycles. The van der Waals surface area contributed by atoms with Crippen LogP contribution < -0.4 is 5.32 Å². The molecule has 0 aromatic heterocycles. The van der Waals surface area contributed by atoms with Gasteiger partial charge in [0.1, 0.15) is 12.3 Å². The van der Waals surface area contributed by atoms with E-state index in [1.54, 1.807) is 24.3 Å². The highest BCUT2D eigenvalue weighted by Gasteiger charge is 2.12. The van der Waals surface area contributed by atoms with Gasteiger partial charge >= 0.3 is 0 Å². The first-order chi connectivity index (χ1) is 8.24. The lowest BCUT2D eigenvalue weighted by Gasteiger charge is -2.07. The molecule has 0 radical (unpaired) electrons. The van der Waals surface area contributed by atoms with Crippen LogP contribution in [0.5, 0.6) is 5.75 Å². The molecular formula is C13H10N2O2. The van der Waals surface area contributed by atoms with Crippen molar-refractivity contribution in [1.29, 1.82) is 5.26 Å². The predicted molar refractivity (Wildman–Crippen MR) is 63.6 cm³/mol. The van der Waals surface area contributed by atoms with Crippen LogP contribution in [0.2, 0.25) is 0 Å². The zero-order chi connectivity index (χ0) is 12.3. The second-order valence-electron chi connectivity index (χ2n) is 3.52. The molecule has 4 nitrogen and oxygen atoms in total. The lowest BCUT2D eigenvalue weighted by molar-refractivity contribution is 0.0956. The number of hydrogen-bond donors (Lipinski definition) is 2. The molecule has 2 aromatic rings. The van der Waals surface area contributed by atoms with Crippen LogP contribution in [0, 0.1) is 11.3 Å². The summed E-state index contributed by atoms with van der Waals surface area (Å²) in [5.41, 5.74) is 0.180. The molecule has 0 fully saturated rings. The standard InChI is InChI=1S/C13H10N2O2/c14-7-8-15-13(17)11-6-5-9-3-1-2-4-10(9)12(11)16/h1-6,16H,8H2,(H,15,17). The van der Waals surface area contributed by atoms with E-state index in [9.17, 15) is 9.90 Å². The number of carbonyl (C=O) groups is 1. The molecule has 0 saturated carbocycles. The fraction of sp³-hybridized carbons (Fsp3) is 0.0769. The second kappa shape index (κ2) is 4.54. The molecule has 17 heavy (non-hydrogen) atoms. The Hall–Kier alpha value is -2.54. The molecule has 2 rings (SSSR count). The number of benzene rings is 2. The second-order valence-corrected chi connectivity index (χ2v) is 3.52. The highest BCUT2D eigenvalue weighted by molar-refractivity contribution is 6.03. The fourth-order valence-electron chi connectivity index (χ4n) is 1.65. The first kappa shape index (κ1) is 11.0. The van der Waals surface area contributed by atoms with Crippen molar-refractivity contribution in [3.05, 3.63) is 42.0 Å². The Labute approximate surface area is 98.1 Å². The molecule has 1 amide bonds. The molecule has 0 spiro atoms. The maximum absolute atomic E-state index is 11.6. The molecule has 0 unspecified atom stereocenters. The van der Waals surface area contributed by atoms with Gasteiger partial charge in [-0.15, -0.1) is 0 Å². The van der Waals surface area contributed by atoms with Crippen LogP contribution in [0.25, 0.3) is 10.8 Å². The SMILES string of the molecule is N#CCNC(=O)c1ccc2ccccc2c1O. The summed E-state index contributed by atoms with van der Waals surface area (Å²) in [5, 5.41) is 22.2. The third-order valence-electron chi connectivity index (χ3n) is 2.47. The van der Waals surface area contributed by atoms with Gasteiger partial charge in [-0.3, -0.25) is 4.79 Å². The Morgan fingerprint density at radius 1 is 1.29 bits per heavy atom. The van der Waals surface area contributed by atoms with Crippen molar-refractivity contribution >= 4 is 16.7 Å². The van der Waals surface area contributed by atoms with Gasteiger partial charge in [0.25, 0.3) is 5.91 Å². The Bertz CT molecular complexity index is 614. The lowest BCUT2D eigenvalue weighted by Crippen LogP contribution is -2.23. The molecule has 0 atom stereocenters. The number of phenols is 1. The van der Waals surface area contributed by atoms with Gasteiger partial charge in [-0.25, -0.2) is 0 Å². The maximum atomic E-state index is 11.6. The van der Waals surface area contributed by atoms with E-state index in [2.05, 4.69) is 5.32 Å². The van der Waals surface area contributed by atoms with Crippen LogP contribution in [-0.4, -0.2) is 17.6 Å². The summed E-state index contributed by atoms with van der Waals surface area (Å²) in [6, 6.07) is 12.4. The number of aromatic hydroxyl groups is 1. The summed E-state index contributed by atoms with van der Waals surface area (Å²) in [6.45, 7) is -0.0783. The summed E-state index contributed by atoms with van der Waals surface area (Å²) >= 11 is 0. The lowest BCUT2D eigenvalue weighted by atomic mass is 10.0. The summed E-state index contributed by atoms with van der Waals surface area (Å²) in [7, 11) is 0. The highest BCUT2D eigenvalue weighted by atomic mass is 16.3. The molecule has 84 valence electrons. The summed E-state index contributed by atoms with van der Waals surface area (Å²) < 4.78 is 0. The van der Waals surface area contributed by atoms with Crippen molar-refractivity contribution in [3.63, 3.8) is 0 Å². The number of hydrogen-bond acceptors (Lipinski definition) is 3. The van der Waals surface area contributed by atoms with E-state index in [4.69, 9.17) is 5.26 Å². The number of nitrogens with one attached hydrogen (secondary N) is 1. The molecule has 4 heteroatoms. The summed E-state index contributed by atoms with van der Waals surface area (Å²) in [6.07, 6.45) is 0. The third kappa shape index (κ3) is 2.04. The summed E-state index contributed by atoms with van der Waals surface area (Å²) in [5.74, 6) is -0.506. The minimum absolute atomic E-state index is 0.0569. The molecule has 0 bridgehead atoms. The predicted octanol–water partition coefficient (Wildman–Crippen LogP) is 1.80. The Morgan fingerprint density at radius 2 is 2.06 bits per heavy atom. The van der Waals surface area contributed by atoms with Crippen molar-refractivity contribution in [1.82, 2.24) is 5.32 Å². The van der Waals surface area contributed by atoms with Gasteiger partial charge in [0.05, 0.1) is 11.6 Å². The van der Waals surface area contributed by atoms with Gasteiger partial charge in [0.2, 0.25) is 0 Å². The van der Waals surface area contributed by atoms with Crippen LogP contribution in [0.3, 0.4) is 0 Å².